The van der Waals surface area contributed by atoms with Gasteiger partial charge in [-0.15, -0.1) is 0 Å². The zero-order valence-electron chi connectivity index (χ0n) is 10.4. The summed E-state index contributed by atoms with van der Waals surface area (Å²) in [5.41, 5.74) is -0.00426. The molecular formula is C14H9BrFNO4. The first-order valence-electron chi connectivity index (χ1n) is 5.71. The first-order chi connectivity index (χ1) is 9.88. The van der Waals surface area contributed by atoms with Crippen molar-refractivity contribution in [1.29, 1.82) is 0 Å². The van der Waals surface area contributed by atoms with Gasteiger partial charge in [0, 0.05) is 16.2 Å². The van der Waals surface area contributed by atoms with E-state index < -0.39 is 23.4 Å². The molecule has 0 aliphatic carbocycles. The molecular weight excluding hydrogens is 345 g/mol. The lowest BCUT2D eigenvalue weighted by Gasteiger charge is -2.08. The van der Waals surface area contributed by atoms with Crippen LogP contribution in [0, 0.1) is 5.82 Å². The van der Waals surface area contributed by atoms with Crippen molar-refractivity contribution in [2.75, 3.05) is 5.32 Å². The van der Waals surface area contributed by atoms with Crippen LogP contribution in [0.15, 0.2) is 40.9 Å². The summed E-state index contributed by atoms with van der Waals surface area (Å²) in [6.45, 7) is 0. The molecule has 0 radical (unpaired) electrons. The van der Waals surface area contributed by atoms with Crippen LogP contribution in [-0.4, -0.2) is 22.1 Å². The summed E-state index contributed by atoms with van der Waals surface area (Å²) in [7, 11) is 0. The van der Waals surface area contributed by atoms with Gasteiger partial charge in [0.1, 0.15) is 17.1 Å². The summed E-state index contributed by atoms with van der Waals surface area (Å²) in [6.07, 6.45) is 0. The molecule has 1 amide bonds. The van der Waals surface area contributed by atoms with Crippen molar-refractivity contribution in [2.45, 2.75) is 0 Å². The third-order valence-corrected chi connectivity index (χ3v) is 3.35. The van der Waals surface area contributed by atoms with E-state index in [0.717, 1.165) is 18.2 Å². The van der Waals surface area contributed by atoms with Gasteiger partial charge in [-0.3, -0.25) is 4.79 Å². The van der Waals surface area contributed by atoms with Crippen LogP contribution in [0.5, 0.6) is 5.75 Å². The Kier molecular flexibility index (Phi) is 4.23. The molecule has 0 spiro atoms. The van der Waals surface area contributed by atoms with Crippen LogP contribution >= 0.6 is 15.9 Å². The molecule has 108 valence electrons. The lowest BCUT2D eigenvalue weighted by molar-refractivity contribution is 0.0693. The van der Waals surface area contributed by atoms with Crippen molar-refractivity contribution in [1.82, 2.24) is 0 Å². The Morgan fingerprint density at radius 1 is 1.10 bits per heavy atom. The van der Waals surface area contributed by atoms with Crippen molar-refractivity contribution in [2.24, 2.45) is 0 Å². The Morgan fingerprint density at radius 2 is 1.81 bits per heavy atom. The van der Waals surface area contributed by atoms with Gasteiger partial charge in [-0.1, -0.05) is 0 Å². The smallest absolute Gasteiger partial charge is 0.339 e. The van der Waals surface area contributed by atoms with Crippen LogP contribution < -0.4 is 5.32 Å². The van der Waals surface area contributed by atoms with Gasteiger partial charge in [0.05, 0.1) is 5.56 Å². The van der Waals surface area contributed by atoms with Gasteiger partial charge in [-0.2, -0.15) is 0 Å². The van der Waals surface area contributed by atoms with Crippen molar-refractivity contribution in [3.8, 4) is 5.75 Å². The third kappa shape index (κ3) is 3.38. The van der Waals surface area contributed by atoms with Crippen LogP contribution in [0.25, 0.3) is 0 Å². The van der Waals surface area contributed by atoms with Crippen LogP contribution in [0.4, 0.5) is 10.1 Å². The second kappa shape index (κ2) is 5.92. The number of anilines is 1. The van der Waals surface area contributed by atoms with E-state index in [-0.39, 0.29) is 16.8 Å². The molecule has 2 rings (SSSR count). The number of aromatic carboxylic acids is 1. The highest BCUT2D eigenvalue weighted by atomic mass is 79.9. The van der Waals surface area contributed by atoms with Crippen molar-refractivity contribution >= 4 is 33.5 Å². The zero-order valence-corrected chi connectivity index (χ0v) is 12.0. The molecule has 21 heavy (non-hydrogen) atoms. The fraction of sp³-hybridized carbons (Fsp3) is 0. The first-order valence-corrected chi connectivity index (χ1v) is 6.50. The molecule has 0 aliphatic rings. The lowest BCUT2D eigenvalue weighted by atomic mass is 10.1. The Balaban J connectivity index is 2.26. The molecule has 0 aliphatic heterocycles. The van der Waals surface area contributed by atoms with E-state index in [1.807, 2.05) is 0 Å². The number of benzene rings is 2. The van der Waals surface area contributed by atoms with Crippen LogP contribution in [-0.2, 0) is 0 Å². The summed E-state index contributed by atoms with van der Waals surface area (Å²) < 4.78 is 13.6. The quantitative estimate of drug-likeness (QED) is 0.790. The summed E-state index contributed by atoms with van der Waals surface area (Å²) in [4.78, 5) is 22.8. The Hall–Kier alpha value is -2.41. The summed E-state index contributed by atoms with van der Waals surface area (Å²) >= 11 is 3.13. The van der Waals surface area contributed by atoms with Gasteiger partial charge in [-0.25, -0.2) is 9.18 Å². The second-order valence-corrected chi connectivity index (χ2v) is 4.97. The third-order valence-electron chi connectivity index (χ3n) is 2.66. The molecule has 0 heterocycles. The van der Waals surface area contributed by atoms with E-state index in [9.17, 15) is 19.1 Å². The molecule has 0 unspecified atom stereocenters. The van der Waals surface area contributed by atoms with Gasteiger partial charge < -0.3 is 15.5 Å². The van der Waals surface area contributed by atoms with Crippen molar-refractivity contribution in [3.05, 3.63) is 57.8 Å². The first kappa shape index (κ1) is 15.0. The predicted molar refractivity (Wildman–Crippen MR) is 77.1 cm³/mol. The minimum absolute atomic E-state index is 0.0804. The number of carboxylic acids is 1. The maximum Gasteiger partial charge on any atom is 0.339 e. The number of carbonyl (C=O) groups excluding carboxylic acids is 1. The van der Waals surface area contributed by atoms with E-state index in [1.165, 1.54) is 18.2 Å². The number of phenols is 1. The molecule has 0 bridgehead atoms. The molecule has 0 saturated heterocycles. The Bertz CT molecular complexity index is 733. The molecule has 7 heteroatoms. The van der Waals surface area contributed by atoms with Crippen LogP contribution in [0.1, 0.15) is 20.7 Å². The number of carbonyl (C=O) groups is 2. The Labute approximate surface area is 127 Å². The predicted octanol–water partition coefficient (Wildman–Crippen LogP) is 3.24. The molecule has 0 saturated carbocycles. The molecule has 0 aromatic heterocycles. The Morgan fingerprint density at radius 3 is 2.43 bits per heavy atom. The van der Waals surface area contributed by atoms with Crippen LogP contribution in [0.3, 0.4) is 0 Å². The number of nitrogens with one attached hydrogen (secondary N) is 1. The number of hydrogen-bond donors (Lipinski definition) is 3. The summed E-state index contributed by atoms with van der Waals surface area (Å²) in [5.74, 6) is -2.91. The molecule has 5 nitrogen and oxygen atoms in total. The van der Waals surface area contributed by atoms with Gasteiger partial charge in [0.15, 0.2) is 0 Å². The summed E-state index contributed by atoms with van der Waals surface area (Å²) in [5, 5.41) is 20.8. The maximum atomic E-state index is 13.1. The average Bonchev–Trinajstić information content (AvgIpc) is 2.41. The van der Waals surface area contributed by atoms with Crippen molar-refractivity contribution in [3.63, 3.8) is 0 Å². The molecule has 3 N–H and O–H groups in total. The van der Waals surface area contributed by atoms with E-state index in [2.05, 4.69) is 21.2 Å². The second-order valence-electron chi connectivity index (χ2n) is 4.12. The standard InChI is InChI=1S/C14H9BrFNO4/c15-11-4-1-7(16)5-10(11)13(19)17-8-2-3-9(14(20)21)12(18)6-8/h1-6,18H,(H,17,19)(H,20,21). The summed E-state index contributed by atoms with van der Waals surface area (Å²) in [6, 6.07) is 7.26. The monoisotopic (exact) mass is 353 g/mol. The van der Waals surface area contributed by atoms with Crippen LogP contribution in [0.2, 0.25) is 0 Å². The molecule has 0 fully saturated rings. The molecule has 2 aromatic rings. The zero-order chi connectivity index (χ0) is 15.6. The SMILES string of the molecule is O=C(O)c1ccc(NC(=O)c2cc(F)ccc2Br)cc1O. The molecule has 0 atom stereocenters. The number of amides is 1. The van der Waals surface area contributed by atoms with Gasteiger partial charge in [-0.05, 0) is 46.3 Å². The fourth-order valence-corrected chi connectivity index (χ4v) is 2.09. The fourth-order valence-electron chi connectivity index (χ4n) is 1.66. The number of carboxylic acid groups (broad SMARTS) is 1. The number of aromatic hydroxyl groups is 1. The van der Waals surface area contributed by atoms with E-state index in [1.54, 1.807) is 0 Å². The maximum absolute atomic E-state index is 13.1. The largest absolute Gasteiger partial charge is 0.507 e. The van der Waals surface area contributed by atoms with Gasteiger partial charge in [0.25, 0.3) is 5.91 Å². The van der Waals surface area contributed by atoms with E-state index in [4.69, 9.17) is 5.11 Å². The minimum Gasteiger partial charge on any atom is -0.507 e. The topological polar surface area (TPSA) is 86.6 Å². The van der Waals surface area contributed by atoms with Gasteiger partial charge in [0.2, 0.25) is 0 Å². The lowest BCUT2D eigenvalue weighted by Crippen LogP contribution is -2.13. The highest BCUT2D eigenvalue weighted by molar-refractivity contribution is 9.10. The molecule has 2 aromatic carbocycles. The van der Waals surface area contributed by atoms with Crippen molar-refractivity contribution < 1.29 is 24.2 Å². The highest BCUT2D eigenvalue weighted by Crippen LogP contribution is 2.24. The van der Waals surface area contributed by atoms with E-state index in [0.29, 0.717) is 4.47 Å². The van der Waals surface area contributed by atoms with Gasteiger partial charge >= 0.3 is 5.97 Å². The highest BCUT2D eigenvalue weighted by Gasteiger charge is 2.14. The van der Waals surface area contributed by atoms with E-state index >= 15 is 0 Å². The number of halogens is 2. The number of rotatable bonds is 3. The normalized spacial score (nSPS) is 10.2. The average molecular weight is 354 g/mol. The number of hydrogen-bond acceptors (Lipinski definition) is 3. The minimum atomic E-state index is -1.28.